The van der Waals surface area contributed by atoms with E-state index in [1.807, 2.05) is 18.2 Å². The lowest BCUT2D eigenvalue weighted by Gasteiger charge is -2.42. The number of nitrogens with zero attached hydrogens (tertiary/aromatic N) is 1. The molecular formula is C18H25NO. The molecule has 2 fully saturated rings. The topological polar surface area (TPSA) is 20.3 Å². The van der Waals surface area contributed by atoms with Crippen molar-refractivity contribution in [3.8, 4) is 0 Å². The zero-order chi connectivity index (χ0) is 14.0. The van der Waals surface area contributed by atoms with E-state index in [2.05, 4.69) is 17.9 Å². The number of likely N-dealkylation sites (tertiary alicyclic amines) is 1. The molecule has 20 heavy (non-hydrogen) atoms. The van der Waals surface area contributed by atoms with Crippen LogP contribution in [0.2, 0.25) is 0 Å². The monoisotopic (exact) mass is 271 g/mol. The van der Waals surface area contributed by atoms with Crippen LogP contribution in [-0.4, -0.2) is 29.3 Å². The standard InChI is InChI=1S/C18H25NO/c1-15-9-3-4-10-16(15)17(20)18(11-5-6-12-18)19-13-7-2-8-14-19/h3-4,9-10H,2,5-8,11-14H2,1H3. The molecule has 0 spiro atoms. The van der Waals surface area contributed by atoms with Crippen molar-refractivity contribution in [3.05, 3.63) is 35.4 Å². The largest absolute Gasteiger partial charge is 0.292 e. The highest BCUT2D eigenvalue weighted by Crippen LogP contribution is 2.39. The molecular weight excluding hydrogens is 246 g/mol. The van der Waals surface area contributed by atoms with Crippen molar-refractivity contribution >= 4 is 5.78 Å². The molecule has 2 nitrogen and oxygen atoms in total. The first-order chi connectivity index (χ1) is 9.74. The van der Waals surface area contributed by atoms with Crippen LogP contribution in [0.1, 0.15) is 60.9 Å². The Morgan fingerprint density at radius 1 is 1.00 bits per heavy atom. The predicted molar refractivity (Wildman–Crippen MR) is 82.1 cm³/mol. The van der Waals surface area contributed by atoms with E-state index < -0.39 is 0 Å². The molecule has 0 unspecified atom stereocenters. The molecule has 108 valence electrons. The summed E-state index contributed by atoms with van der Waals surface area (Å²) in [6, 6.07) is 8.10. The molecule has 3 rings (SSSR count). The average molecular weight is 271 g/mol. The number of aryl methyl sites for hydroxylation is 1. The normalized spacial score (nSPS) is 22.9. The summed E-state index contributed by atoms with van der Waals surface area (Å²) in [5, 5.41) is 0. The zero-order valence-corrected chi connectivity index (χ0v) is 12.5. The van der Waals surface area contributed by atoms with Crippen LogP contribution in [0, 0.1) is 6.92 Å². The van der Waals surface area contributed by atoms with E-state index in [-0.39, 0.29) is 5.54 Å². The van der Waals surface area contributed by atoms with E-state index in [9.17, 15) is 4.79 Å². The minimum Gasteiger partial charge on any atom is -0.292 e. The van der Waals surface area contributed by atoms with Gasteiger partial charge in [-0.2, -0.15) is 0 Å². The number of carbonyl (C=O) groups is 1. The van der Waals surface area contributed by atoms with Gasteiger partial charge in [0.1, 0.15) is 0 Å². The number of carbonyl (C=O) groups excluding carboxylic acids is 1. The predicted octanol–water partition coefficient (Wildman–Crippen LogP) is 3.98. The van der Waals surface area contributed by atoms with E-state index in [1.54, 1.807) is 0 Å². The van der Waals surface area contributed by atoms with Gasteiger partial charge in [-0.15, -0.1) is 0 Å². The Morgan fingerprint density at radius 2 is 1.65 bits per heavy atom. The van der Waals surface area contributed by atoms with Gasteiger partial charge < -0.3 is 0 Å². The number of benzene rings is 1. The highest BCUT2D eigenvalue weighted by atomic mass is 16.1. The molecule has 1 saturated carbocycles. The van der Waals surface area contributed by atoms with E-state index in [0.29, 0.717) is 5.78 Å². The fourth-order valence-electron chi connectivity index (χ4n) is 4.05. The molecule has 2 heteroatoms. The van der Waals surface area contributed by atoms with Crippen molar-refractivity contribution in [2.45, 2.75) is 57.4 Å². The van der Waals surface area contributed by atoms with Crippen molar-refractivity contribution in [2.24, 2.45) is 0 Å². The molecule has 2 aliphatic rings. The van der Waals surface area contributed by atoms with Gasteiger partial charge in [-0.25, -0.2) is 0 Å². The van der Waals surface area contributed by atoms with Crippen molar-refractivity contribution < 1.29 is 4.79 Å². The third kappa shape index (κ3) is 2.31. The number of hydrogen-bond donors (Lipinski definition) is 0. The minimum absolute atomic E-state index is 0.188. The Balaban J connectivity index is 1.94. The van der Waals surface area contributed by atoms with Gasteiger partial charge in [0, 0.05) is 5.56 Å². The van der Waals surface area contributed by atoms with Crippen LogP contribution in [-0.2, 0) is 0 Å². The summed E-state index contributed by atoms with van der Waals surface area (Å²) in [5.41, 5.74) is 1.88. The second-order valence-electron chi connectivity index (χ2n) is 6.43. The first-order valence-corrected chi connectivity index (χ1v) is 8.09. The van der Waals surface area contributed by atoms with Crippen molar-refractivity contribution in [1.82, 2.24) is 4.90 Å². The summed E-state index contributed by atoms with van der Waals surface area (Å²) in [7, 11) is 0. The maximum Gasteiger partial charge on any atom is 0.183 e. The average Bonchev–Trinajstić information content (AvgIpc) is 2.99. The molecule has 0 aromatic heterocycles. The van der Waals surface area contributed by atoms with Crippen LogP contribution in [0.4, 0.5) is 0 Å². The molecule has 1 aliphatic heterocycles. The summed E-state index contributed by atoms with van der Waals surface area (Å²) in [4.78, 5) is 15.8. The van der Waals surface area contributed by atoms with Crippen molar-refractivity contribution in [3.63, 3.8) is 0 Å². The fraction of sp³-hybridized carbons (Fsp3) is 0.611. The van der Waals surface area contributed by atoms with Gasteiger partial charge in [0.2, 0.25) is 0 Å². The van der Waals surface area contributed by atoms with Gasteiger partial charge in [0.25, 0.3) is 0 Å². The summed E-state index contributed by atoms with van der Waals surface area (Å²) in [5.74, 6) is 0.384. The fourth-order valence-corrected chi connectivity index (χ4v) is 4.05. The zero-order valence-electron chi connectivity index (χ0n) is 12.5. The second-order valence-corrected chi connectivity index (χ2v) is 6.43. The maximum atomic E-state index is 13.2. The lowest BCUT2D eigenvalue weighted by molar-refractivity contribution is 0.0477. The number of Topliss-reactive ketones (excluding diaryl/α,β-unsaturated/α-hetero) is 1. The second kappa shape index (κ2) is 5.69. The van der Waals surface area contributed by atoms with Gasteiger partial charge in [-0.1, -0.05) is 43.5 Å². The Hall–Kier alpha value is -1.15. The summed E-state index contributed by atoms with van der Waals surface area (Å²) >= 11 is 0. The van der Waals surface area contributed by atoms with Gasteiger partial charge in [0.15, 0.2) is 5.78 Å². The number of piperidine rings is 1. The van der Waals surface area contributed by atoms with E-state index >= 15 is 0 Å². The smallest absolute Gasteiger partial charge is 0.183 e. The first kappa shape index (κ1) is 13.8. The third-order valence-corrected chi connectivity index (χ3v) is 5.20. The minimum atomic E-state index is -0.188. The lowest BCUT2D eigenvalue weighted by atomic mass is 9.83. The van der Waals surface area contributed by atoms with Crippen LogP contribution in [0.25, 0.3) is 0 Å². The Bertz CT molecular complexity index is 482. The molecule has 1 saturated heterocycles. The molecule has 0 radical (unpaired) electrons. The molecule has 0 atom stereocenters. The molecule has 0 N–H and O–H groups in total. The molecule has 1 heterocycles. The van der Waals surface area contributed by atoms with Crippen molar-refractivity contribution in [1.29, 1.82) is 0 Å². The molecule has 0 amide bonds. The van der Waals surface area contributed by atoms with Gasteiger partial charge in [-0.3, -0.25) is 9.69 Å². The highest BCUT2D eigenvalue weighted by molar-refractivity contribution is 6.04. The summed E-state index contributed by atoms with van der Waals surface area (Å²) < 4.78 is 0. The number of ketones is 1. The molecule has 1 aromatic rings. The van der Waals surface area contributed by atoms with E-state index in [1.165, 1.54) is 32.1 Å². The quantitative estimate of drug-likeness (QED) is 0.775. The van der Waals surface area contributed by atoms with E-state index in [4.69, 9.17) is 0 Å². The third-order valence-electron chi connectivity index (χ3n) is 5.20. The van der Waals surface area contributed by atoms with Crippen LogP contribution in [0.15, 0.2) is 24.3 Å². The van der Waals surface area contributed by atoms with Crippen LogP contribution in [0.3, 0.4) is 0 Å². The highest BCUT2D eigenvalue weighted by Gasteiger charge is 2.46. The SMILES string of the molecule is Cc1ccccc1C(=O)C1(N2CCCCC2)CCCC1. The van der Waals surface area contributed by atoms with Crippen LogP contribution >= 0.6 is 0 Å². The Morgan fingerprint density at radius 3 is 2.30 bits per heavy atom. The van der Waals surface area contributed by atoms with Crippen LogP contribution < -0.4 is 0 Å². The molecule has 1 aliphatic carbocycles. The maximum absolute atomic E-state index is 13.2. The first-order valence-electron chi connectivity index (χ1n) is 8.09. The van der Waals surface area contributed by atoms with Gasteiger partial charge in [-0.05, 0) is 51.3 Å². The number of rotatable bonds is 3. The summed E-state index contributed by atoms with van der Waals surface area (Å²) in [6.45, 7) is 4.28. The number of hydrogen-bond acceptors (Lipinski definition) is 2. The molecule has 1 aromatic carbocycles. The van der Waals surface area contributed by atoms with E-state index in [0.717, 1.165) is 37.1 Å². The Kier molecular flexibility index (Phi) is 3.93. The van der Waals surface area contributed by atoms with Gasteiger partial charge >= 0.3 is 0 Å². The Labute approximate surface area is 122 Å². The van der Waals surface area contributed by atoms with Gasteiger partial charge in [0.05, 0.1) is 5.54 Å². The summed E-state index contributed by atoms with van der Waals surface area (Å²) in [6.07, 6.45) is 8.35. The molecule has 0 bridgehead atoms. The van der Waals surface area contributed by atoms with Crippen molar-refractivity contribution in [2.75, 3.05) is 13.1 Å². The lowest BCUT2D eigenvalue weighted by Crippen LogP contribution is -2.54. The van der Waals surface area contributed by atoms with Crippen LogP contribution in [0.5, 0.6) is 0 Å².